The molecule has 258 valence electrons. The minimum absolute atomic E-state index is 0.898. The lowest BCUT2D eigenvalue weighted by Gasteiger charge is -2.27. The van der Waals surface area contributed by atoms with Crippen LogP contribution in [0.15, 0.2) is 205 Å². The number of anilines is 3. The zero-order chi connectivity index (χ0) is 36.3. The summed E-state index contributed by atoms with van der Waals surface area (Å²) in [5, 5.41) is 7.23. The summed E-state index contributed by atoms with van der Waals surface area (Å²) in [7, 11) is 0. The van der Waals surface area contributed by atoms with E-state index in [1.807, 2.05) is 17.4 Å². The first-order chi connectivity index (χ1) is 27.3. The molecule has 0 N–H and O–H groups in total. The standard InChI is InChI=1S/C52H33NOS/c1-2-13-34(14-3-1)35-27-29-37(30-28-35)53(48-24-12-23-46-43-19-7-9-26-50(43)55-52(46)48)38-31-32-41(47(33-38)40-20-10-16-36-15-4-5-17-39(36)40)44-21-11-22-45-42-18-6-8-25-49(42)54-51(44)45/h1-33H. The molecule has 0 saturated heterocycles. The summed E-state index contributed by atoms with van der Waals surface area (Å²) in [6.45, 7) is 0. The SMILES string of the molecule is c1ccc(-c2ccc(N(c3ccc(-c4cccc5c4oc4ccccc45)c(-c4cccc5ccccc45)c3)c3cccc4c3sc3ccccc34)cc2)cc1. The number of para-hydroxylation sites is 2. The second kappa shape index (κ2) is 12.9. The molecule has 0 aliphatic rings. The fourth-order valence-corrected chi connectivity index (χ4v) is 9.52. The van der Waals surface area contributed by atoms with Crippen LogP contribution in [0.5, 0.6) is 0 Å². The minimum Gasteiger partial charge on any atom is -0.455 e. The van der Waals surface area contributed by atoms with Crippen molar-refractivity contribution in [3.63, 3.8) is 0 Å². The van der Waals surface area contributed by atoms with Crippen LogP contribution in [0, 0.1) is 0 Å². The molecule has 2 nitrogen and oxygen atoms in total. The minimum atomic E-state index is 0.898. The molecule has 11 aromatic rings. The molecular formula is C52H33NOS. The molecule has 2 heterocycles. The Balaban J connectivity index is 1.19. The van der Waals surface area contributed by atoms with Crippen molar-refractivity contribution in [2.24, 2.45) is 0 Å². The van der Waals surface area contributed by atoms with Crippen LogP contribution in [-0.4, -0.2) is 0 Å². The number of hydrogen-bond acceptors (Lipinski definition) is 3. The van der Waals surface area contributed by atoms with Crippen LogP contribution < -0.4 is 4.90 Å². The highest BCUT2D eigenvalue weighted by Gasteiger charge is 2.22. The van der Waals surface area contributed by atoms with E-state index >= 15 is 0 Å². The fraction of sp³-hybridized carbons (Fsp3) is 0. The van der Waals surface area contributed by atoms with Crippen molar-refractivity contribution in [1.29, 1.82) is 0 Å². The number of benzene rings is 9. The van der Waals surface area contributed by atoms with E-state index in [4.69, 9.17) is 4.42 Å². The zero-order valence-corrected chi connectivity index (χ0v) is 30.6. The average molecular weight is 720 g/mol. The van der Waals surface area contributed by atoms with Gasteiger partial charge in [-0.3, -0.25) is 0 Å². The molecule has 0 amide bonds. The van der Waals surface area contributed by atoms with E-state index in [9.17, 15) is 0 Å². The van der Waals surface area contributed by atoms with Gasteiger partial charge in [0.15, 0.2) is 0 Å². The van der Waals surface area contributed by atoms with Crippen LogP contribution in [0.2, 0.25) is 0 Å². The third-order valence-electron chi connectivity index (χ3n) is 10.9. The molecule has 9 aromatic carbocycles. The summed E-state index contributed by atoms with van der Waals surface area (Å²) >= 11 is 1.86. The molecule has 2 aromatic heterocycles. The van der Waals surface area contributed by atoms with Gasteiger partial charge in [-0.15, -0.1) is 11.3 Å². The van der Waals surface area contributed by atoms with Crippen molar-refractivity contribution < 1.29 is 4.42 Å². The van der Waals surface area contributed by atoms with E-state index in [1.54, 1.807) is 0 Å². The van der Waals surface area contributed by atoms with Crippen LogP contribution in [-0.2, 0) is 0 Å². The van der Waals surface area contributed by atoms with Crippen molar-refractivity contribution in [3.8, 4) is 33.4 Å². The Morgan fingerprint density at radius 2 is 1.02 bits per heavy atom. The number of fused-ring (bicyclic) bond motifs is 7. The number of rotatable bonds is 6. The molecule has 0 spiro atoms. The summed E-state index contributed by atoms with van der Waals surface area (Å²) in [5.74, 6) is 0. The van der Waals surface area contributed by atoms with Gasteiger partial charge in [-0.1, -0.05) is 158 Å². The Hall–Kier alpha value is -6.94. The molecule has 0 atom stereocenters. The Morgan fingerprint density at radius 3 is 1.91 bits per heavy atom. The van der Waals surface area contributed by atoms with E-state index in [0.29, 0.717) is 0 Å². The largest absolute Gasteiger partial charge is 0.455 e. The highest BCUT2D eigenvalue weighted by molar-refractivity contribution is 7.26. The zero-order valence-electron chi connectivity index (χ0n) is 29.8. The van der Waals surface area contributed by atoms with Crippen molar-refractivity contribution in [2.45, 2.75) is 0 Å². The maximum Gasteiger partial charge on any atom is 0.143 e. The van der Waals surface area contributed by atoms with E-state index in [1.165, 1.54) is 47.6 Å². The molecule has 0 unspecified atom stereocenters. The highest BCUT2D eigenvalue weighted by Crippen LogP contribution is 2.48. The van der Waals surface area contributed by atoms with E-state index in [2.05, 4.69) is 199 Å². The monoisotopic (exact) mass is 719 g/mol. The number of furan rings is 1. The van der Waals surface area contributed by atoms with Gasteiger partial charge in [0.1, 0.15) is 11.2 Å². The lowest BCUT2D eigenvalue weighted by atomic mass is 9.90. The van der Waals surface area contributed by atoms with E-state index < -0.39 is 0 Å². The number of thiophene rings is 1. The first-order valence-electron chi connectivity index (χ1n) is 18.7. The molecular weight excluding hydrogens is 687 g/mol. The van der Waals surface area contributed by atoms with Crippen LogP contribution in [0.1, 0.15) is 0 Å². The van der Waals surface area contributed by atoms with Gasteiger partial charge in [0.25, 0.3) is 0 Å². The van der Waals surface area contributed by atoms with E-state index in [-0.39, 0.29) is 0 Å². The van der Waals surface area contributed by atoms with Gasteiger partial charge in [-0.2, -0.15) is 0 Å². The second-order valence-corrected chi connectivity index (χ2v) is 15.1. The molecule has 0 fully saturated rings. The van der Waals surface area contributed by atoms with Gasteiger partial charge >= 0.3 is 0 Å². The maximum atomic E-state index is 6.65. The summed E-state index contributed by atoms with van der Waals surface area (Å²) in [6, 6.07) is 72.2. The van der Waals surface area contributed by atoms with Crippen LogP contribution >= 0.6 is 11.3 Å². The predicted molar refractivity (Wildman–Crippen MR) is 235 cm³/mol. The van der Waals surface area contributed by atoms with Crippen LogP contribution in [0.3, 0.4) is 0 Å². The predicted octanol–water partition coefficient (Wildman–Crippen LogP) is 15.6. The maximum absolute atomic E-state index is 6.65. The molecule has 0 aliphatic heterocycles. The molecule has 11 rings (SSSR count). The second-order valence-electron chi connectivity index (χ2n) is 14.0. The van der Waals surface area contributed by atoms with Gasteiger partial charge in [0.2, 0.25) is 0 Å². The normalized spacial score (nSPS) is 11.6. The smallest absolute Gasteiger partial charge is 0.143 e. The lowest BCUT2D eigenvalue weighted by Crippen LogP contribution is -2.10. The first-order valence-corrected chi connectivity index (χ1v) is 19.5. The van der Waals surface area contributed by atoms with Crippen LogP contribution in [0.4, 0.5) is 17.1 Å². The number of hydrogen-bond donors (Lipinski definition) is 0. The Kier molecular flexibility index (Phi) is 7.39. The molecule has 0 saturated carbocycles. The quantitative estimate of drug-likeness (QED) is 0.170. The molecule has 55 heavy (non-hydrogen) atoms. The lowest BCUT2D eigenvalue weighted by molar-refractivity contribution is 0.670. The summed E-state index contributed by atoms with van der Waals surface area (Å²) in [6.07, 6.45) is 0. The Morgan fingerprint density at radius 1 is 0.382 bits per heavy atom. The third-order valence-corrected chi connectivity index (χ3v) is 12.1. The molecule has 0 bridgehead atoms. The first kappa shape index (κ1) is 31.6. The Bertz CT molecular complexity index is 3200. The number of nitrogens with zero attached hydrogens (tertiary/aromatic N) is 1. The summed E-state index contributed by atoms with van der Waals surface area (Å²) in [4.78, 5) is 2.44. The molecule has 3 heteroatoms. The van der Waals surface area contributed by atoms with Crippen LogP contribution in [0.25, 0.3) is 86.3 Å². The molecule has 0 aliphatic carbocycles. The van der Waals surface area contributed by atoms with Crippen molar-refractivity contribution in [2.75, 3.05) is 4.90 Å². The van der Waals surface area contributed by atoms with E-state index in [0.717, 1.165) is 55.7 Å². The highest BCUT2D eigenvalue weighted by atomic mass is 32.1. The summed E-state index contributed by atoms with van der Waals surface area (Å²) < 4.78 is 9.20. The van der Waals surface area contributed by atoms with Crippen molar-refractivity contribution in [3.05, 3.63) is 200 Å². The van der Waals surface area contributed by atoms with Crippen molar-refractivity contribution >= 4 is 81.3 Å². The Labute approximate surface area is 322 Å². The topological polar surface area (TPSA) is 16.4 Å². The summed E-state index contributed by atoms with van der Waals surface area (Å²) in [5.41, 5.74) is 12.1. The third kappa shape index (κ3) is 5.24. The van der Waals surface area contributed by atoms with Crippen molar-refractivity contribution in [1.82, 2.24) is 0 Å². The fourth-order valence-electron chi connectivity index (χ4n) is 8.32. The van der Waals surface area contributed by atoms with Gasteiger partial charge < -0.3 is 9.32 Å². The van der Waals surface area contributed by atoms with Gasteiger partial charge in [0, 0.05) is 43.2 Å². The molecule has 0 radical (unpaired) electrons. The van der Waals surface area contributed by atoms with Gasteiger partial charge in [-0.25, -0.2) is 0 Å². The average Bonchev–Trinajstić information content (AvgIpc) is 3.84. The van der Waals surface area contributed by atoms with Gasteiger partial charge in [0.05, 0.1) is 10.4 Å². The van der Waals surface area contributed by atoms with Gasteiger partial charge in [-0.05, 0) is 81.1 Å².